The van der Waals surface area contributed by atoms with Crippen molar-refractivity contribution in [3.63, 3.8) is 0 Å². The minimum Gasteiger partial charge on any atom is -0.493 e. The van der Waals surface area contributed by atoms with E-state index in [2.05, 4.69) is 21.2 Å². The van der Waals surface area contributed by atoms with E-state index in [-0.39, 0.29) is 24.5 Å². The molecule has 5 heteroatoms. The highest BCUT2D eigenvalue weighted by Gasteiger charge is 2.27. The maximum absolute atomic E-state index is 11.8. The highest BCUT2D eigenvalue weighted by molar-refractivity contribution is 9.10. The van der Waals surface area contributed by atoms with Crippen LogP contribution in [-0.4, -0.2) is 30.3 Å². The molecular formula is C15H20BrNO3. The molecule has 0 radical (unpaired) electrons. The largest absolute Gasteiger partial charge is 0.493 e. The minimum atomic E-state index is -0.00698. The summed E-state index contributed by atoms with van der Waals surface area (Å²) in [5.74, 6) is 0.967. The molecule has 20 heavy (non-hydrogen) atoms. The summed E-state index contributed by atoms with van der Waals surface area (Å²) >= 11 is 3.36. The molecule has 2 atom stereocenters. The van der Waals surface area contributed by atoms with Crippen LogP contribution in [0.4, 0.5) is 0 Å². The van der Waals surface area contributed by atoms with Gasteiger partial charge in [-0.25, -0.2) is 0 Å². The third kappa shape index (κ3) is 4.49. The van der Waals surface area contributed by atoms with E-state index < -0.39 is 0 Å². The molecule has 2 N–H and O–H groups in total. The van der Waals surface area contributed by atoms with Crippen LogP contribution in [0.2, 0.25) is 0 Å². The van der Waals surface area contributed by atoms with Gasteiger partial charge in [-0.1, -0.05) is 22.4 Å². The van der Waals surface area contributed by atoms with Crippen molar-refractivity contribution < 1.29 is 14.6 Å². The number of ether oxygens (including phenoxy) is 1. The topological polar surface area (TPSA) is 58.6 Å². The van der Waals surface area contributed by atoms with E-state index >= 15 is 0 Å². The summed E-state index contributed by atoms with van der Waals surface area (Å²) in [6.45, 7) is 0.518. The molecule has 0 bridgehead atoms. The van der Waals surface area contributed by atoms with Gasteiger partial charge in [0.25, 0.3) is 0 Å². The molecule has 4 nitrogen and oxygen atoms in total. The highest BCUT2D eigenvalue weighted by atomic mass is 79.9. The molecule has 1 saturated carbocycles. The lowest BCUT2D eigenvalue weighted by Gasteiger charge is -2.19. The van der Waals surface area contributed by atoms with Gasteiger partial charge in [0.1, 0.15) is 5.75 Å². The lowest BCUT2D eigenvalue weighted by molar-refractivity contribution is -0.122. The Morgan fingerprint density at radius 3 is 2.80 bits per heavy atom. The van der Waals surface area contributed by atoms with Crippen LogP contribution in [-0.2, 0) is 4.79 Å². The molecule has 0 heterocycles. The van der Waals surface area contributed by atoms with E-state index in [1.807, 2.05) is 24.3 Å². The van der Waals surface area contributed by atoms with Gasteiger partial charge < -0.3 is 15.2 Å². The number of hydrogen-bond acceptors (Lipinski definition) is 3. The Balaban J connectivity index is 1.68. The summed E-state index contributed by atoms with van der Waals surface area (Å²) in [7, 11) is 0. The maximum atomic E-state index is 11.8. The Labute approximate surface area is 127 Å². The van der Waals surface area contributed by atoms with Crippen LogP contribution in [0, 0.1) is 5.92 Å². The van der Waals surface area contributed by atoms with Crippen molar-refractivity contribution in [2.45, 2.75) is 31.7 Å². The number of benzene rings is 1. The number of rotatable bonds is 6. The first-order valence-electron chi connectivity index (χ1n) is 6.97. The van der Waals surface area contributed by atoms with Gasteiger partial charge in [0, 0.05) is 23.0 Å². The van der Waals surface area contributed by atoms with E-state index in [0.717, 1.165) is 29.5 Å². The number of carbonyl (C=O) groups is 1. The molecule has 1 aromatic rings. The van der Waals surface area contributed by atoms with E-state index in [0.29, 0.717) is 13.0 Å². The number of hydrogen-bond donors (Lipinski definition) is 2. The second-order valence-electron chi connectivity index (χ2n) is 5.10. The predicted octanol–water partition coefficient (Wildman–Crippen LogP) is 2.50. The second kappa shape index (κ2) is 7.64. The van der Waals surface area contributed by atoms with Crippen molar-refractivity contribution in [3.05, 3.63) is 28.7 Å². The van der Waals surface area contributed by atoms with Crippen LogP contribution in [0.5, 0.6) is 5.75 Å². The van der Waals surface area contributed by atoms with Crippen LogP contribution in [0.1, 0.15) is 25.7 Å². The third-order valence-electron chi connectivity index (χ3n) is 3.65. The second-order valence-corrected chi connectivity index (χ2v) is 6.02. The normalized spacial score (nSPS) is 21.7. The fourth-order valence-electron chi connectivity index (χ4n) is 2.52. The first kappa shape index (κ1) is 15.3. The van der Waals surface area contributed by atoms with Crippen LogP contribution in [0.15, 0.2) is 28.7 Å². The zero-order valence-electron chi connectivity index (χ0n) is 11.3. The average molecular weight is 342 g/mol. The summed E-state index contributed by atoms with van der Waals surface area (Å²) in [6, 6.07) is 7.65. The number of aliphatic hydroxyl groups is 1. The molecule has 1 aliphatic carbocycles. The Kier molecular flexibility index (Phi) is 5.86. The molecule has 1 aliphatic rings. The van der Waals surface area contributed by atoms with Crippen molar-refractivity contribution in [1.82, 2.24) is 5.32 Å². The van der Waals surface area contributed by atoms with Gasteiger partial charge in [-0.15, -0.1) is 0 Å². The van der Waals surface area contributed by atoms with Gasteiger partial charge >= 0.3 is 0 Å². The lowest BCUT2D eigenvalue weighted by atomic mass is 10.1. The van der Waals surface area contributed by atoms with Gasteiger partial charge in [-0.2, -0.15) is 0 Å². The van der Waals surface area contributed by atoms with Crippen LogP contribution in [0.25, 0.3) is 0 Å². The van der Waals surface area contributed by atoms with Crippen LogP contribution in [0.3, 0.4) is 0 Å². The smallest absolute Gasteiger partial charge is 0.223 e. The lowest BCUT2D eigenvalue weighted by Crippen LogP contribution is -2.39. The minimum absolute atomic E-state index is 0.00698. The number of halogens is 1. The first-order chi connectivity index (χ1) is 9.69. The Bertz CT molecular complexity index is 435. The van der Waals surface area contributed by atoms with Crippen molar-refractivity contribution in [1.29, 1.82) is 0 Å². The summed E-state index contributed by atoms with van der Waals surface area (Å²) in [4.78, 5) is 11.8. The van der Waals surface area contributed by atoms with Crippen molar-refractivity contribution >= 4 is 21.8 Å². The molecule has 0 aliphatic heterocycles. The third-order valence-corrected chi connectivity index (χ3v) is 4.18. The molecular weight excluding hydrogens is 322 g/mol. The van der Waals surface area contributed by atoms with E-state index in [4.69, 9.17) is 4.74 Å². The number of aliphatic hydroxyl groups excluding tert-OH is 1. The van der Waals surface area contributed by atoms with Gasteiger partial charge in [0.15, 0.2) is 0 Å². The van der Waals surface area contributed by atoms with Crippen LogP contribution >= 0.6 is 15.9 Å². The molecule has 110 valence electrons. The van der Waals surface area contributed by atoms with E-state index in [1.54, 1.807) is 0 Å². The molecule has 0 saturated heterocycles. The standard InChI is InChI=1S/C15H20BrNO3/c16-12-4-6-13(7-5-12)20-9-8-15(19)17-14-3-1-2-11(14)10-18/h4-7,11,14,18H,1-3,8-10H2,(H,17,19). The Morgan fingerprint density at radius 1 is 1.35 bits per heavy atom. The molecule has 0 spiro atoms. The summed E-state index contributed by atoms with van der Waals surface area (Å²) < 4.78 is 6.52. The SMILES string of the molecule is O=C(CCOc1ccc(Br)cc1)NC1CCCC1CO. The monoisotopic (exact) mass is 341 g/mol. The van der Waals surface area contributed by atoms with E-state index in [1.165, 1.54) is 0 Å². The molecule has 2 rings (SSSR count). The summed E-state index contributed by atoms with van der Waals surface area (Å²) in [5, 5.41) is 12.2. The Morgan fingerprint density at radius 2 is 2.10 bits per heavy atom. The van der Waals surface area contributed by atoms with Crippen molar-refractivity contribution in [2.24, 2.45) is 5.92 Å². The highest BCUT2D eigenvalue weighted by Crippen LogP contribution is 2.25. The van der Waals surface area contributed by atoms with Crippen molar-refractivity contribution in [3.8, 4) is 5.75 Å². The summed E-state index contributed by atoms with van der Waals surface area (Å²) in [5.41, 5.74) is 0. The maximum Gasteiger partial charge on any atom is 0.223 e. The zero-order chi connectivity index (χ0) is 14.4. The summed E-state index contributed by atoms with van der Waals surface area (Å²) in [6.07, 6.45) is 3.37. The van der Waals surface area contributed by atoms with Gasteiger partial charge in [0.05, 0.1) is 13.0 Å². The molecule has 1 fully saturated rings. The van der Waals surface area contributed by atoms with Gasteiger partial charge in [0.2, 0.25) is 5.91 Å². The van der Waals surface area contributed by atoms with Gasteiger partial charge in [-0.05, 0) is 37.1 Å². The van der Waals surface area contributed by atoms with Gasteiger partial charge in [-0.3, -0.25) is 4.79 Å². The fraction of sp³-hybridized carbons (Fsp3) is 0.533. The molecule has 1 amide bonds. The average Bonchev–Trinajstić information content (AvgIpc) is 2.88. The molecule has 2 unspecified atom stereocenters. The Hall–Kier alpha value is -1.07. The van der Waals surface area contributed by atoms with Crippen LogP contribution < -0.4 is 10.1 Å². The molecule has 0 aromatic heterocycles. The van der Waals surface area contributed by atoms with E-state index in [9.17, 15) is 9.90 Å². The number of nitrogens with one attached hydrogen (secondary N) is 1. The number of carbonyl (C=O) groups excluding carboxylic acids is 1. The number of amides is 1. The zero-order valence-corrected chi connectivity index (χ0v) is 12.9. The predicted molar refractivity (Wildman–Crippen MR) is 80.6 cm³/mol. The quantitative estimate of drug-likeness (QED) is 0.835. The van der Waals surface area contributed by atoms with Crippen molar-refractivity contribution in [2.75, 3.05) is 13.2 Å². The molecule has 1 aromatic carbocycles. The fourth-order valence-corrected chi connectivity index (χ4v) is 2.78. The first-order valence-corrected chi connectivity index (χ1v) is 7.77.